The van der Waals surface area contributed by atoms with Gasteiger partial charge in [0.05, 0.1) is 29.3 Å². The molecule has 0 aliphatic carbocycles. The van der Waals surface area contributed by atoms with Gasteiger partial charge in [0.1, 0.15) is 16.5 Å². The Hall–Kier alpha value is -2.16. The van der Waals surface area contributed by atoms with Gasteiger partial charge in [-0.25, -0.2) is 18.5 Å². The molecule has 1 heterocycles. The van der Waals surface area contributed by atoms with Crippen LogP contribution in [0.2, 0.25) is 0 Å². The van der Waals surface area contributed by atoms with Crippen molar-refractivity contribution in [1.29, 1.82) is 0 Å². The summed E-state index contributed by atoms with van der Waals surface area (Å²) in [5.41, 5.74) is -1.67. The number of nitrogens with one attached hydrogen (secondary N) is 2. The fourth-order valence-corrected chi connectivity index (χ4v) is 3.53. The molecule has 0 aliphatic heterocycles. The number of sulfonamides is 1. The van der Waals surface area contributed by atoms with Gasteiger partial charge in [0.2, 0.25) is 16.0 Å². The van der Waals surface area contributed by atoms with Gasteiger partial charge < -0.3 is 20.5 Å². The van der Waals surface area contributed by atoms with Crippen molar-refractivity contribution in [3.8, 4) is 5.75 Å². The smallest absolute Gasteiger partial charge is 0.417 e. The number of nitrogens with zero attached hydrogens (tertiary/aromatic N) is 2. The van der Waals surface area contributed by atoms with Crippen molar-refractivity contribution in [2.24, 2.45) is 5.14 Å². The van der Waals surface area contributed by atoms with Crippen LogP contribution in [-0.2, 0) is 16.2 Å². The van der Waals surface area contributed by atoms with Gasteiger partial charge in [-0.05, 0) is 35.8 Å². The van der Waals surface area contributed by atoms with Gasteiger partial charge in [0, 0.05) is 18.0 Å². The van der Waals surface area contributed by atoms with E-state index >= 15 is 0 Å². The largest absolute Gasteiger partial charge is 0.495 e. The zero-order valence-electron chi connectivity index (χ0n) is 16.0. The summed E-state index contributed by atoms with van der Waals surface area (Å²) >= 11 is 3.24. The van der Waals surface area contributed by atoms with Crippen molar-refractivity contribution < 1.29 is 31.4 Å². The Balaban J connectivity index is 2.51. The summed E-state index contributed by atoms with van der Waals surface area (Å²) in [5, 5.41) is 20.1. The number of rotatable bonds is 7. The monoisotopic (exact) mass is 513 g/mol. The van der Waals surface area contributed by atoms with E-state index in [-0.39, 0.29) is 23.5 Å². The molecule has 1 aromatic heterocycles. The van der Waals surface area contributed by atoms with Gasteiger partial charge in [-0.1, -0.05) is 0 Å². The molecule has 2 rings (SSSR count). The maximum atomic E-state index is 13.5. The number of halogens is 4. The lowest BCUT2D eigenvalue weighted by Crippen LogP contribution is -2.28. The van der Waals surface area contributed by atoms with Crippen molar-refractivity contribution in [3.05, 3.63) is 28.4 Å². The lowest BCUT2D eigenvalue weighted by atomic mass is 10.1. The zero-order valence-corrected chi connectivity index (χ0v) is 18.4. The minimum absolute atomic E-state index is 0.0861. The topological polar surface area (TPSA) is 139 Å². The van der Waals surface area contributed by atoms with E-state index in [1.807, 2.05) is 0 Å². The summed E-state index contributed by atoms with van der Waals surface area (Å²) in [6.45, 7) is 3.28. The van der Waals surface area contributed by atoms with Crippen LogP contribution in [0, 0.1) is 0 Å². The van der Waals surface area contributed by atoms with Crippen LogP contribution in [0.1, 0.15) is 19.4 Å². The molecule has 2 atom stereocenters. The Morgan fingerprint density at radius 2 is 1.93 bits per heavy atom. The van der Waals surface area contributed by atoms with Crippen LogP contribution in [0.25, 0.3) is 0 Å². The average Bonchev–Trinajstić information content (AvgIpc) is 2.61. The Kier molecular flexibility index (Phi) is 7.16. The zero-order chi connectivity index (χ0) is 22.9. The first-order valence-corrected chi connectivity index (χ1v) is 10.6. The summed E-state index contributed by atoms with van der Waals surface area (Å²) in [7, 11) is -3.71. The summed E-state index contributed by atoms with van der Waals surface area (Å²) in [6, 6.07) is 1.22. The number of aliphatic hydroxyl groups is 1. The van der Waals surface area contributed by atoms with Crippen LogP contribution in [0.4, 0.5) is 30.6 Å². The molecular weight excluding hydrogens is 495 g/mol. The molecule has 1 aromatic carbocycles. The van der Waals surface area contributed by atoms with Gasteiger partial charge >= 0.3 is 6.18 Å². The maximum Gasteiger partial charge on any atom is 0.417 e. The van der Waals surface area contributed by atoms with Crippen molar-refractivity contribution in [2.75, 3.05) is 17.7 Å². The van der Waals surface area contributed by atoms with Crippen LogP contribution in [0.5, 0.6) is 5.75 Å². The highest BCUT2D eigenvalue weighted by atomic mass is 79.9. The normalized spacial score (nSPS) is 14.2. The van der Waals surface area contributed by atoms with Gasteiger partial charge in [-0.2, -0.15) is 18.2 Å². The first kappa shape index (κ1) is 24.1. The number of methoxy groups -OCH3 is 1. The Morgan fingerprint density at radius 3 is 2.43 bits per heavy atom. The first-order chi connectivity index (χ1) is 13.7. The van der Waals surface area contributed by atoms with Crippen LogP contribution in [-0.4, -0.2) is 42.7 Å². The molecule has 0 unspecified atom stereocenters. The molecule has 9 nitrogen and oxygen atoms in total. The van der Waals surface area contributed by atoms with E-state index in [0.717, 1.165) is 13.2 Å². The highest BCUT2D eigenvalue weighted by molar-refractivity contribution is 9.10. The van der Waals surface area contributed by atoms with Crippen LogP contribution >= 0.6 is 15.9 Å². The molecule has 14 heteroatoms. The molecule has 0 spiro atoms. The van der Waals surface area contributed by atoms with Gasteiger partial charge in [-0.15, -0.1) is 0 Å². The van der Waals surface area contributed by atoms with E-state index in [9.17, 15) is 26.7 Å². The Bertz CT molecular complexity index is 1030. The number of benzene rings is 1. The number of anilines is 3. The summed E-state index contributed by atoms with van der Waals surface area (Å²) in [4.78, 5) is 6.95. The number of primary sulfonamides is 1. The number of alkyl halides is 3. The van der Waals surface area contributed by atoms with E-state index in [4.69, 9.17) is 9.88 Å². The van der Waals surface area contributed by atoms with Gasteiger partial charge in [0.25, 0.3) is 0 Å². The minimum Gasteiger partial charge on any atom is -0.495 e. The molecule has 0 saturated carbocycles. The number of aliphatic hydroxyl groups excluding tert-OH is 1. The third-order valence-corrected chi connectivity index (χ3v) is 5.52. The molecule has 0 amide bonds. The molecule has 166 valence electrons. The quantitative estimate of drug-likeness (QED) is 0.443. The summed E-state index contributed by atoms with van der Waals surface area (Å²) in [6.07, 6.45) is -4.37. The molecule has 0 fully saturated rings. The second-order valence-electron chi connectivity index (χ2n) is 6.29. The molecular formula is C16H19BrF3N5O4S. The van der Waals surface area contributed by atoms with Gasteiger partial charge in [-0.3, -0.25) is 0 Å². The van der Waals surface area contributed by atoms with Crippen molar-refractivity contribution >= 4 is 43.4 Å². The number of ether oxygens (including phenoxy) is 1. The molecule has 0 saturated heterocycles. The van der Waals surface area contributed by atoms with Crippen molar-refractivity contribution in [3.63, 3.8) is 0 Å². The highest BCUT2D eigenvalue weighted by Crippen LogP contribution is 2.41. The predicted octanol–water partition coefficient (Wildman–Crippen LogP) is 2.84. The van der Waals surface area contributed by atoms with E-state index in [0.29, 0.717) is 10.5 Å². The second-order valence-corrected chi connectivity index (χ2v) is 8.64. The third-order valence-electron chi connectivity index (χ3n) is 3.95. The third kappa shape index (κ3) is 5.71. The lowest BCUT2D eigenvalue weighted by molar-refractivity contribution is -0.140. The number of aromatic nitrogens is 2. The van der Waals surface area contributed by atoms with E-state index in [1.54, 1.807) is 13.8 Å². The van der Waals surface area contributed by atoms with E-state index in [2.05, 4.69) is 36.5 Å². The van der Waals surface area contributed by atoms with Crippen LogP contribution < -0.4 is 20.5 Å². The Labute approximate surface area is 179 Å². The first-order valence-electron chi connectivity index (χ1n) is 8.30. The molecule has 2 aromatic rings. The SMILES string of the molecule is COc1cc(Nc2ncc(Br)c(N[C@H](C)[C@@H](C)O)n2)cc(C(F)(F)F)c1S(N)(=O)=O. The number of nitrogens with two attached hydrogens (primary N) is 1. The van der Waals surface area contributed by atoms with Gasteiger partial charge in [0.15, 0.2) is 0 Å². The molecule has 0 bridgehead atoms. The van der Waals surface area contributed by atoms with E-state index < -0.39 is 38.5 Å². The number of hydrogen-bond acceptors (Lipinski definition) is 8. The maximum absolute atomic E-state index is 13.5. The molecule has 5 N–H and O–H groups in total. The standard InChI is InChI=1S/C16H19BrF3N5O4S/c1-7(8(2)26)23-14-11(17)6-22-15(25-14)24-9-4-10(16(18,19)20)13(30(21,27)28)12(5-9)29-3/h4-8,26H,1-3H3,(H2,21,27,28)(H2,22,23,24,25)/t7-,8-/m1/s1. The molecule has 0 aliphatic rings. The predicted molar refractivity (Wildman–Crippen MR) is 107 cm³/mol. The lowest BCUT2D eigenvalue weighted by Gasteiger charge is -2.19. The minimum atomic E-state index is -5.02. The highest BCUT2D eigenvalue weighted by Gasteiger charge is 2.39. The Morgan fingerprint density at radius 1 is 1.30 bits per heavy atom. The fraction of sp³-hybridized carbons (Fsp3) is 0.375. The summed E-state index contributed by atoms with van der Waals surface area (Å²) in [5.74, 6) is -0.393. The summed E-state index contributed by atoms with van der Waals surface area (Å²) < 4.78 is 69.1. The van der Waals surface area contributed by atoms with Crippen LogP contribution in [0.3, 0.4) is 0 Å². The van der Waals surface area contributed by atoms with Crippen molar-refractivity contribution in [2.45, 2.75) is 37.1 Å². The van der Waals surface area contributed by atoms with E-state index in [1.165, 1.54) is 6.20 Å². The fourth-order valence-electron chi connectivity index (χ4n) is 2.32. The van der Waals surface area contributed by atoms with Crippen molar-refractivity contribution in [1.82, 2.24) is 9.97 Å². The number of hydrogen-bond donors (Lipinski definition) is 4. The molecule has 0 radical (unpaired) electrons. The second kappa shape index (κ2) is 8.91. The molecule has 30 heavy (non-hydrogen) atoms. The van der Waals surface area contributed by atoms with Crippen LogP contribution in [0.15, 0.2) is 27.7 Å². The average molecular weight is 514 g/mol.